The Morgan fingerprint density at radius 3 is 2.84 bits per heavy atom. The van der Waals surface area contributed by atoms with Crippen LogP contribution < -0.4 is 5.32 Å². The van der Waals surface area contributed by atoms with E-state index in [1.165, 1.54) is 12.8 Å². The molecular weight excluding hydrogens is 308 g/mol. The van der Waals surface area contributed by atoms with Gasteiger partial charge in [0, 0.05) is 18.3 Å². The summed E-state index contributed by atoms with van der Waals surface area (Å²) in [6, 6.07) is 0. The van der Waals surface area contributed by atoms with Crippen LogP contribution in [-0.2, 0) is 6.54 Å². The number of hydrogen-bond acceptors (Lipinski definition) is 4. The predicted molar refractivity (Wildman–Crippen MR) is 75.8 cm³/mol. The van der Waals surface area contributed by atoms with Crippen molar-refractivity contribution in [2.75, 3.05) is 6.61 Å². The first kappa shape index (κ1) is 13.0. The van der Waals surface area contributed by atoms with Gasteiger partial charge < -0.3 is 10.4 Å². The lowest BCUT2D eigenvalue weighted by Crippen LogP contribution is -2.45. The van der Waals surface area contributed by atoms with E-state index in [2.05, 4.69) is 31.2 Å². The SMILES string of the molecule is OCC1(NCc2cnc3cnc(Br)cn23)CCCC1. The van der Waals surface area contributed by atoms with Gasteiger partial charge >= 0.3 is 0 Å². The molecule has 1 fully saturated rings. The lowest BCUT2D eigenvalue weighted by Gasteiger charge is -2.28. The third-order valence-corrected chi connectivity index (χ3v) is 4.36. The molecule has 3 rings (SSSR count). The number of aliphatic hydroxyl groups is 1. The number of fused-ring (bicyclic) bond motifs is 1. The molecule has 2 heterocycles. The Balaban J connectivity index is 1.80. The van der Waals surface area contributed by atoms with Crippen LogP contribution in [0.5, 0.6) is 0 Å². The van der Waals surface area contributed by atoms with Crippen molar-refractivity contribution in [3.8, 4) is 0 Å². The van der Waals surface area contributed by atoms with Gasteiger partial charge in [0.15, 0.2) is 5.65 Å². The Labute approximate surface area is 120 Å². The van der Waals surface area contributed by atoms with Gasteiger partial charge in [-0.2, -0.15) is 0 Å². The summed E-state index contributed by atoms with van der Waals surface area (Å²) in [5, 5.41) is 13.1. The van der Waals surface area contributed by atoms with E-state index >= 15 is 0 Å². The Morgan fingerprint density at radius 2 is 2.11 bits per heavy atom. The second-order valence-corrected chi connectivity index (χ2v) is 6.00. The summed E-state index contributed by atoms with van der Waals surface area (Å²) in [6.07, 6.45) is 9.99. The van der Waals surface area contributed by atoms with Crippen molar-refractivity contribution in [2.45, 2.75) is 37.8 Å². The molecular formula is C13H17BrN4O. The molecule has 0 amide bonds. The second-order valence-electron chi connectivity index (χ2n) is 5.19. The highest BCUT2D eigenvalue weighted by Gasteiger charge is 2.32. The first-order chi connectivity index (χ1) is 9.22. The highest BCUT2D eigenvalue weighted by molar-refractivity contribution is 9.10. The fraction of sp³-hybridized carbons (Fsp3) is 0.538. The van der Waals surface area contributed by atoms with E-state index in [0.717, 1.165) is 28.8 Å². The highest BCUT2D eigenvalue weighted by atomic mass is 79.9. The van der Waals surface area contributed by atoms with Gasteiger partial charge in [-0.05, 0) is 28.8 Å². The molecule has 1 aliphatic rings. The van der Waals surface area contributed by atoms with Crippen LogP contribution in [0.2, 0.25) is 0 Å². The number of hydrogen-bond donors (Lipinski definition) is 2. The summed E-state index contributed by atoms with van der Waals surface area (Å²) >= 11 is 3.37. The van der Waals surface area contributed by atoms with Gasteiger partial charge in [-0.1, -0.05) is 12.8 Å². The third-order valence-electron chi connectivity index (χ3n) is 3.95. The summed E-state index contributed by atoms with van der Waals surface area (Å²) in [6.45, 7) is 0.910. The first-order valence-corrected chi connectivity index (χ1v) is 7.35. The lowest BCUT2D eigenvalue weighted by molar-refractivity contribution is 0.162. The van der Waals surface area contributed by atoms with E-state index in [9.17, 15) is 5.11 Å². The minimum Gasteiger partial charge on any atom is -0.394 e. The number of halogens is 1. The minimum atomic E-state index is -0.103. The molecule has 1 aliphatic carbocycles. The number of aliphatic hydroxyl groups excluding tert-OH is 1. The summed E-state index contributed by atoms with van der Waals surface area (Å²) < 4.78 is 2.81. The van der Waals surface area contributed by atoms with Crippen molar-refractivity contribution in [3.05, 3.63) is 28.9 Å². The van der Waals surface area contributed by atoms with Crippen molar-refractivity contribution in [1.82, 2.24) is 19.7 Å². The van der Waals surface area contributed by atoms with Gasteiger partial charge in [0.1, 0.15) is 4.60 Å². The van der Waals surface area contributed by atoms with Crippen LogP contribution in [0.3, 0.4) is 0 Å². The Morgan fingerprint density at radius 1 is 1.32 bits per heavy atom. The van der Waals surface area contributed by atoms with Crippen molar-refractivity contribution < 1.29 is 5.11 Å². The van der Waals surface area contributed by atoms with Crippen molar-refractivity contribution in [1.29, 1.82) is 0 Å². The minimum absolute atomic E-state index is 0.103. The highest BCUT2D eigenvalue weighted by Crippen LogP contribution is 2.29. The third kappa shape index (κ3) is 2.52. The van der Waals surface area contributed by atoms with E-state index in [-0.39, 0.29) is 12.1 Å². The molecule has 19 heavy (non-hydrogen) atoms. The fourth-order valence-corrected chi connectivity index (χ4v) is 3.07. The first-order valence-electron chi connectivity index (χ1n) is 6.56. The number of nitrogens with zero attached hydrogens (tertiary/aromatic N) is 3. The number of imidazole rings is 1. The molecule has 0 bridgehead atoms. The molecule has 0 atom stereocenters. The van der Waals surface area contributed by atoms with E-state index in [0.29, 0.717) is 6.54 Å². The van der Waals surface area contributed by atoms with E-state index in [1.54, 1.807) is 6.20 Å². The monoisotopic (exact) mass is 324 g/mol. The van der Waals surface area contributed by atoms with Gasteiger partial charge in [0.2, 0.25) is 0 Å². The predicted octanol–water partition coefficient (Wildman–Crippen LogP) is 1.89. The van der Waals surface area contributed by atoms with Gasteiger partial charge in [-0.3, -0.25) is 4.40 Å². The molecule has 6 heteroatoms. The maximum absolute atomic E-state index is 9.60. The molecule has 1 saturated carbocycles. The summed E-state index contributed by atoms with van der Waals surface area (Å²) in [5.74, 6) is 0. The van der Waals surface area contributed by atoms with Gasteiger partial charge in [-0.25, -0.2) is 9.97 Å². The molecule has 0 spiro atoms. The molecule has 0 radical (unpaired) electrons. The Hall–Kier alpha value is -0.980. The molecule has 0 unspecified atom stereocenters. The van der Waals surface area contributed by atoms with E-state index in [1.807, 2.05) is 16.8 Å². The smallest absolute Gasteiger partial charge is 0.155 e. The second kappa shape index (κ2) is 5.19. The molecule has 0 aromatic carbocycles. The number of aromatic nitrogens is 3. The van der Waals surface area contributed by atoms with Crippen LogP contribution in [0.4, 0.5) is 0 Å². The molecule has 2 N–H and O–H groups in total. The quantitative estimate of drug-likeness (QED) is 0.901. The van der Waals surface area contributed by atoms with Gasteiger partial charge in [0.05, 0.1) is 24.7 Å². The summed E-state index contributed by atoms with van der Waals surface area (Å²) in [4.78, 5) is 8.49. The lowest BCUT2D eigenvalue weighted by atomic mass is 9.99. The fourth-order valence-electron chi connectivity index (χ4n) is 2.77. The van der Waals surface area contributed by atoms with Crippen LogP contribution in [-0.4, -0.2) is 31.6 Å². The summed E-state index contributed by atoms with van der Waals surface area (Å²) in [5.41, 5.74) is 1.82. The maximum atomic E-state index is 9.60. The average Bonchev–Trinajstić information content (AvgIpc) is 3.03. The standard InChI is InChI=1S/C13H17BrN4O/c14-11-8-18-10(5-16-12(18)7-15-11)6-17-13(9-19)3-1-2-4-13/h5,7-8,17,19H,1-4,6,9H2. The largest absolute Gasteiger partial charge is 0.394 e. The molecule has 5 nitrogen and oxygen atoms in total. The number of nitrogens with one attached hydrogen (secondary N) is 1. The maximum Gasteiger partial charge on any atom is 0.155 e. The van der Waals surface area contributed by atoms with Gasteiger partial charge in [-0.15, -0.1) is 0 Å². The average molecular weight is 325 g/mol. The van der Waals surface area contributed by atoms with Crippen LogP contribution >= 0.6 is 15.9 Å². The van der Waals surface area contributed by atoms with E-state index in [4.69, 9.17) is 0 Å². The van der Waals surface area contributed by atoms with Crippen molar-refractivity contribution >= 4 is 21.6 Å². The zero-order valence-corrected chi connectivity index (χ0v) is 12.2. The Bertz CT molecular complexity index is 577. The normalized spacial score (nSPS) is 18.2. The zero-order chi connectivity index (χ0) is 13.3. The van der Waals surface area contributed by atoms with Crippen LogP contribution in [0.1, 0.15) is 31.4 Å². The number of rotatable bonds is 4. The molecule has 102 valence electrons. The molecule has 0 aliphatic heterocycles. The van der Waals surface area contributed by atoms with Crippen LogP contribution in [0.15, 0.2) is 23.2 Å². The van der Waals surface area contributed by atoms with Crippen molar-refractivity contribution in [3.63, 3.8) is 0 Å². The van der Waals surface area contributed by atoms with Crippen LogP contribution in [0.25, 0.3) is 5.65 Å². The zero-order valence-electron chi connectivity index (χ0n) is 10.6. The van der Waals surface area contributed by atoms with E-state index < -0.39 is 0 Å². The molecule has 2 aromatic rings. The Kier molecular flexibility index (Phi) is 3.56. The summed E-state index contributed by atoms with van der Waals surface area (Å²) in [7, 11) is 0. The molecule has 0 saturated heterocycles. The van der Waals surface area contributed by atoms with Gasteiger partial charge in [0.25, 0.3) is 0 Å². The topological polar surface area (TPSA) is 62.5 Å². The van der Waals surface area contributed by atoms with Crippen molar-refractivity contribution in [2.24, 2.45) is 0 Å². The van der Waals surface area contributed by atoms with Crippen LogP contribution in [0, 0.1) is 0 Å². The molecule has 2 aromatic heterocycles.